The van der Waals surface area contributed by atoms with Crippen molar-refractivity contribution in [3.63, 3.8) is 0 Å². The summed E-state index contributed by atoms with van der Waals surface area (Å²) in [7, 11) is 0. The predicted octanol–water partition coefficient (Wildman–Crippen LogP) is 4.68. The van der Waals surface area contributed by atoms with Crippen LogP contribution in [0.4, 0.5) is 0 Å². The van der Waals surface area contributed by atoms with E-state index < -0.39 is 0 Å². The second-order valence-corrected chi connectivity index (χ2v) is 5.98. The fourth-order valence-corrected chi connectivity index (χ4v) is 3.09. The summed E-state index contributed by atoms with van der Waals surface area (Å²) in [6.07, 6.45) is 3.79. The molecule has 2 aromatic carbocycles. The molecule has 0 amide bonds. The highest BCUT2D eigenvalue weighted by atomic mass is 35.5. The number of nitrogens with one attached hydrogen (secondary N) is 1. The van der Waals surface area contributed by atoms with Crippen LogP contribution in [0.2, 0.25) is 5.02 Å². The van der Waals surface area contributed by atoms with Crippen LogP contribution in [-0.2, 0) is 19.4 Å². The van der Waals surface area contributed by atoms with Crippen molar-refractivity contribution in [3.05, 3.63) is 69.7 Å². The number of halogens is 1. The minimum absolute atomic E-state index is 0.345. The van der Waals surface area contributed by atoms with Crippen LogP contribution >= 0.6 is 11.6 Å². The number of rotatable bonds is 4. The van der Waals surface area contributed by atoms with Crippen molar-refractivity contribution < 1.29 is 0 Å². The summed E-state index contributed by atoms with van der Waals surface area (Å²) >= 11 is 6.19. The van der Waals surface area contributed by atoms with Gasteiger partial charge in [-0.2, -0.15) is 0 Å². The molecule has 0 radical (unpaired) electrons. The molecule has 3 rings (SSSR count). The molecule has 1 N–H and O–H groups in total. The van der Waals surface area contributed by atoms with Crippen molar-refractivity contribution in [2.24, 2.45) is 0 Å². The Hall–Kier alpha value is -1.31. The van der Waals surface area contributed by atoms with Crippen LogP contribution in [0, 0.1) is 0 Å². The van der Waals surface area contributed by atoms with E-state index in [2.05, 4.69) is 36.5 Å². The third-order valence-electron chi connectivity index (χ3n) is 4.18. The first-order chi connectivity index (χ1) is 9.74. The van der Waals surface area contributed by atoms with Crippen LogP contribution in [0.1, 0.15) is 41.6 Å². The van der Waals surface area contributed by atoms with Gasteiger partial charge in [-0.1, -0.05) is 48.0 Å². The second-order valence-electron chi connectivity index (χ2n) is 5.58. The zero-order valence-corrected chi connectivity index (χ0v) is 12.6. The molecule has 2 aromatic rings. The van der Waals surface area contributed by atoms with Crippen molar-refractivity contribution in [1.29, 1.82) is 0 Å². The van der Waals surface area contributed by atoms with Gasteiger partial charge in [0.15, 0.2) is 0 Å². The maximum atomic E-state index is 6.19. The van der Waals surface area contributed by atoms with Crippen LogP contribution in [0.5, 0.6) is 0 Å². The lowest BCUT2D eigenvalue weighted by atomic mass is 10.0. The van der Waals surface area contributed by atoms with Crippen LogP contribution in [-0.4, -0.2) is 0 Å². The molecule has 0 aromatic heterocycles. The van der Waals surface area contributed by atoms with Gasteiger partial charge in [-0.3, -0.25) is 0 Å². The van der Waals surface area contributed by atoms with Gasteiger partial charge in [0.05, 0.1) is 0 Å². The molecule has 0 heterocycles. The van der Waals surface area contributed by atoms with Gasteiger partial charge < -0.3 is 5.32 Å². The van der Waals surface area contributed by atoms with E-state index in [9.17, 15) is 0 Å². The van der Waals surface area contributed by atoms with E-state index in [0.29, 0.717) is 6.04 Å². The van der Waals surface area contributed by atoms with Crippen molar-refractivity contribution in [3.8, 4) is 0 Å². The molecule has 1 atom stereocenters. The van der Waals surface area contributed by atoms with Gasteiger partial charge in [0.1, 0.15) is 0 Å². The van der Waals surface area contributed by atoms with Gasteiger partial charge in [-0.05, 0) is 54.5 Å². The van der Waals surface area contributed by atoms with Crippen LogP contribution in [0.3, 0.4) is 0 Å². The van der Waals surface area contributed by atoms with Crippen molar-refractivity contribution in [1.82, 2.24) is 5.32 Å². The summed E-state index contributed by atoms with van der Waals surface area (Å²) in [6.45, 7) is 3.02. The summed E-state index contributed by atoms with van der Waals surface area (Å²) in [6, 6.07) is 15.3. The highest BCUT2D eigenvalue weighted by molar-refractivity contribution is 6.31. The highest BCUT2D eigenvalue weighted by Crippen LogP contribution is 2.25. The minimum atomic E-state index is 0.345. The Morgan fingerprint density at radius 2 is 1.90 bits per heavy atom. The Balaban J connectivity index is 1.67. The Kier molecular flexibility index (Phi) is 4.09. The van der Waals surface area contributed by atoms with E-state index in [1.165, 1.54) is 36.0 Å². The SMILES string of the molecule is CC(NCc1ccccc1Cl)c1ccc2c(c1)CCC2. The van der Waals surface area contributed by atoms with Gasteiger partial charge >= 0.3 is 0 Å². The van der Waals surface area contributed by atoms with Crippen molar-refractivity contribution in [2.45, 2.75) is 38.8 Å². The Labute approximate surface area is 126 Å². The van der Waals surface area contributed by atoms with Gasteiger partial charge in [0.2, 0.25) is 0 Å². The molecule has 1 aliphatic rings. The molecule has 0 spiro atoms. The number of hydrogen-bond acceptors (Lipinski definition) is 1. The number of hydrogen-bond donors (Lipinski definition) is 1. The van der Waals surface area contributed by atoms with Crippen LogP contribution in [0.15, 0.2) is 42.5 Å². The molecule has 1 aliphatic carbocycles. The molecule has 0 bridgehead atoms. The summed E-state index contributed by atoms with van der Waals surface area (Å²) in [5.41, 5.74) is 5.60. The molecule has 1 unspecified atom stereocenters. The van der Waals surface area contributed by atoms with E-state index in [1.54, 1.807) is 0 Å². The topological polar surface area (TPSA) is 12.0 Å². The van der Waals surface area contributed by atoms with Crippen molar-refractivity contribution in [2.75, 3.05) is 0 Å². The zero-order chi connectivity index (χ0) is 13.9. The normalized spacial score (nSPS) is 15.1. The van der Waals surface area contributed by atoms with Gasteiger partial charge in [0.25, 0.3) is 0 Å². The predicted molar refractivity (Wildman–Crippen MR) is 85.2 cm³/mol. The van der Waals surface area contributed by atoms with Crippen LogP contribution in [0.25, 0.3) is 0 Å². The summed E-state index contributed by atoms with van der Waals surface area (Å²) in [4.78, 5) is 0. The highest BCUT2D eigenvalue weighted by Gasteiger charge is 2.13. The quantitative estimate of drug-likeness (QED) is 0.860. The molecular weight excluding hydrogens is 266 g/mol. The number of fused-ring (bicyclic) bond motifs is 1. The average Bonchev–Trinajstić information content (AvgIpc) is 2.93. The van der Waals surface area contributed by atoms with E-state index >= 15 is 0 Å². The smallest absolute Gasteiger partial charge is 0.0450 e. The van der Waals surface area contributed by atoms with Gasteiger partial charge in [-0.15, -0.1) is 0 Å². The van der Waals surface area contributed by atoms with Crippen LogP contribution < -0.4 is 5.32 Å². The summed E-state index contributed by atoms with van der Waals surface area (Å²) < 4.78 is 0. The molecule has 2 heteroatoms. The Morgan fingerprint density at radius 1 is 1.10 bits per heavy atom. The maximum absolute atomic E-state index is 6.19. The van der Waals surface area contributed by atoms with Crippen molar-refractivity contribution >= 4 is 11.6 Å². The largest absolute Gasteiger partial charge is 0.306 e. The van der Waals surface area contributed by atoms with E-state index in [-0.39, 0.29) is 0 Å². The third-order valence-corrected chi connectivity index (χ3v) is 4.55. The molecular formula is C18H20ClN. The van der Waals surface area contributed by atoms with E-state index in [1.807, 2.05) is 18.2 Å². The molecule has 0 aliphatic heterocycles. The Morgan fingerprint density at radius 3 is 2.75 bits per heavy atom. The first-order valence-electron chi connectivity index (χ1n) is 7.32. The molecule has 0 saturated carbocycles. The van der Waals surface area contributed by atoms with Gasteiger partial charge in [-0.25, -0.2) is 0 Å². The number of benzene rings is 2. The molecule has 104 valence electrons. The molecule has 20 heavy (non-hydrogen) atoms. The third kappa shape index (κ3) is 2.89. The minimum Gasteiger partial charge on any atom is -0.306 e. The lowest BCUT2D eigenvalue weighted by Crippen LogP contribution is -2.18. The fourth-order valence-electron chi connectivity index (χ4n) is 2.88. The standard InChI is InChI=1S/C18H20ClN/c1-13(20-12-17-5-2-3-8-18(17)19)15-10-9-14-6-4-7-16(14)11-15/h2-3,5,8-11,13,20H,4,6-7,12H2,1H3. The molecule has 0 saturated heterocycles. The lowest BCUT2D eigenvalue weighted by Gasteiger charge is -2.16. The maximum Gasteiger partial charge on any atom is 0.0450 e. The number of aryl methyl sites for hydroxylation is 2. The summed E-state index contributed by atoms with van der Waals surface area (Å²) in [5, 5.41) is 4.40. The monoisotopic (exact) mass is 285 g/mol. The summed E-state index contributed by atoms with van der Waals surface area (Å²) in [5.74, 6) is 0. The van der Waals surface area contributed by atoms with E-state index in [0.717, 1.165) is 17.1 Å². The lowest BCUT2D eigenvalue weighted by molar-refractivity contribution is 0.574. The fraction of sp³-hybridized carbons (Fsp3) is 0.333. The average molecular weight is 286 g/mol. The molecule has 0 fully saturated rings. The van der Waals surface area contributed by atoms with Gasteiger partial charge in [0, 0.05) is 17.6 Å². The zero-order valence-electron chi connectivity index (χ0n) is 11.8. The second kappa shape index (κ2) is 5.99. The Bertz CT molecular complexity index is 606. The first-order valence-corrected chi connectivity index (χ1v) is 7.70. The molecule has 1 nitrogen and oxygen atoms in total. The first kappa shape index (κ1) is 13.7. The van der Waals surface area contributed by atoms with E-state index in [4.69, 9.17) is 11.6 Å².